The summed E-state index contributed by atoms with van der Waals surface area (Å²) in [5, 5.41) is 5.61. The zero-order chi connectivity index (χ0) is 23.3. The van der Waals surface area contributed by atoms with Crippen molar-refractivity contribution in [3.05, 3.63) is 76.3 Å². The second-order valence-electron chi connectivity index (χ2n) is 6.74. The van der Waals surface area contributed by atoms with Crippen LogP contribution in [0.3, 0.4) is 0 Å². The molecule has 3 aromatic carbocycles. The Balaban J connectivity index is 1.70. The number of carbonyl (C=O) groups excluding carboxylic acids is 2. The average molecular weight is 516 g/mol. The molecule has 0 radical (unpaired) electrons. The largest absolute Gasteiger partial charge is 0.495 e. The molecule has 7 nitrogen and oxygen atoms in total. The highest BCUT2D eigenvalue weighted by atomic mass is 79.9. The lowest BCUT2D eigenvalue weighted by Gasteiger charge is -2.19. The summed E-state index contributed by atoms with van der Waals surface area (Å²) < 4.78 is 12.4. The fourth-order valence-corrected chi connectivity index (χ4v) is 3.64. The molecule has 3 rings (SSSR count). The Morgan fingerprint density at radius 2 is 1.59 bits per heavy atom. The van der Waals surface area contributed by atoms with Gasteiger partial charge in [-0.2, -0.15) is 0 Å². The second kappa shape index (κ2) is 10.4. The number of thiol groups is 1. The number of hydrogen-bond donors (Lipinski definition) is 3. The summed E-state index contributed by atoms with van der Waals surface area (Å²) in [5.74, 6) is 0.814. The molecule has 3 amide bonds. The lowest BCUT2D eigenvalue weighted by atomic mass is 10.1. The Kier molecular flexibility index (Phi) is 7.66. The van der Waals surface area contributed by atoms with Gasteiger partial charge in [0.05, 0.1) is 30.1 Å². The summed E-state index contributed by atoms with van der Waals surface area (Å²) in [6.07, 6.45) is 0. The first kappa shape index (κ1) is 23.5. The van der Waals surface area contributed by atoms with Gasteiger partial charge in [-0.05, 0) is 64.8 Å². The number of nitrogens with one attached hydrogen (secondary N) is 2. The Bertz CT molecular complexity index is 1140. The second-order valence-corrected chi connectivity index (χ2v) is 8.00. The van der Waals surface area contributed by atoms with Crippen LogP contribution in [0.1, 0.15) is 15.9 Å². The van der Waals surface area contributed by atoms with Crippen LogP contribution < -0.4 is 24.4 Å². The molecule has 0 bridgehead atoms. The van der Waals surface area contributed by atoms with Crippen molar-refractivity contribution in [2.24, 2.45) is 0 Å². The highest BCUT2D eigenvalue weighted by Crippen LogP contribution is 2.36. The van der Waals surface area contributed by atoms with Crippen LogP contribution in [0.25, 0.3) is 0 Å². The van der Waals surface area contributed by atoms with Gasteiger partial charge in [0.2, 0.25) is 0 Å². The van der Waals surface area contributed by atoms with Crippen LogP contribution in [0.4, 0.5) is 21.9 Å². The smallest absolute Gasteiger partial charge is 0.336 e. The molecule has 0 aliphatic heterocycles. The molecule has 3 aromatic rings. The van der Waals surface area contributed by atoms with Crippen molar-refractivity contribution in [2.75, 3.05) is 29.2 Å². The molecule has 0 heterocycles. The minimum Gasteiger partial charge on any atom is -0.495 e. The number of carbonyl (C=O) groups is 2. The van der Waals surface area contributed by atoms with Crippen molar-refractivity contribution in [3.63, 3.8) is 0 Å². The molecule has 0 saturated heterocycles. The van der Waals surface area contributed by atoms with Gasteiger partial charge in [-0.25, -0.2) is 9.10 Å². The maximum atomic E-state index is 12.7. The molecule has 0 aromatic heterocycles. The fourth-order valence-electron chi connectivity index (χ4n) is 2.96. The van der Waals surface area contributed by atoms with E-state index in [1.807, 2.05) is 25.1 Å². The SMILES string of the molecule is COc1cc(OC)c(NC(=O)N(S)c2ccc(NC(=O)c3ccccc3C)cc2)cc1Br. The Morgan fingerprint density at radius 3 is 2.22 bits per heavy atom. The van der Waals surface area contributed by atoms with Crippen molar-refractivity contribution < 1.29 is 19.1 Å². The molecule has 0 fully saturated rings. The molecule has 0 aliphatic carbocycles. The van der Waals surface area contributed by atoms with Crippen LogP contribution in [-0.4, -0.2) is 26.2 Å². The van der Waals surface area contributed by atoms with Gasteiger partial charge in [0.15, 0.2) is 0 Å². The van der Waals surface area contributed by atoms with Crippen molar-refractivity contribution in [3.8, 4) is 11.5 Å². The summed E-state index contributed by atoms with van der Waals surface area (Å²) in [6.45, 7) is 1.88. The first-order chi connectivity index (χ1) is 15.3. The monoisotopic (exact) mass is 515 g/mol. The first-order valence-corrected chi connectivity index (χ1v) is 10.7. The third kappa shape index (κ3) is 5.35. The van der Waals surface area contributed by atoms with E-state index in [0.717, 1.165) is 9.87 Å². The molecule has 2 N–H and O–H groups in total. The highest BCUT2D eigenvalue weighted by molar-refractivity contribution is 9.10. The van der Waals surface area contributed by atoms with Gasteiger partial charge in [-0.3, -0.25) is 4.79 Å². The van der Waals surface area contributed by atoms with Crippen LogP contribution >= 0.6 is 28.7 Å². The Hall–Kier alpha value is -3.17. The van der Waals surface area contributed by atoms with Crippen LogP contribution in [-0.2, 0) is 0 Å². The Labute approximate surface area is 200 Å². The molecule has 0 aliphatic rings. The third-order valence-corrected chi connectivity index (χ3v) is 5.70. The minimum atomic E-state index is -0.486. The van der Waals surface area contributed by atoms with Gasteiger partial charge in [0, 0.05) is 17.3 Å². The summed E-state index contributed by atoms with van der Waals surface area (Å²) >= 11 is 7.70. The predicted molar refractivity (Wildman–Crippen MR) is 133 cm³/mol. The maximum Gasteiger partial charge on any atom is 0.336 e. The van der Waals surface area contributed by atoms with Gasteiger partial charge in [0.25, 0.3) is 5.91 Å². The number of ether oxygens (including phenoxy) is 2. The zero-order valence-corrected chi connectivity index (χ0v) is 20.2. The summed E-state index contributed by atoms with van der Waals surface area (Å²) in [4.78, 5) is 25.2. The number of aryl methyl sites for hydroxylation is 1. The van der Waals surface area contributed by atoms with Crippen LogP contribution in [0.5, 0.6) is 11.5 Å². The van der Waals surface area contributed by atoms with E-state index in [0.29, 0.717) is 38.6 Å². The van der Waals surface area contributed by atoms with E-state index >= 15 is 0 Å². The van der Waals surface area contributed by atoms with E-state index in [-0.39, 0.29) is 5.91 Å². The first-order valence-electron chi connectivity index (χ1n) is 9.52. The number of hydrogen-bond acceptors (Lipinski definition) is 5. The summed E-state index contributed by atoms with van der Waals surface area (Å²) in [7, 11) is 3.04. The van der Waals surface area contributed by atoms with Crippen molar-refractivity contribution >= 4 is 57.7 Å². The van der Waals surface area contributed by atoms with E-state index < -0.39 is 6.03 Å². The van der Waals surface area contributed by atoms with E-state index in [1.54, 1.807) is 49.6 Å². The number of urea groups is 1. The fraction of sp³-hybridized carbons (Fsp3) is 0.130. The standard InChI is InChI=1S/C23H22BrN3O4S/c1-14-6-4-5-7-17(14)22(28)25-15-8-10-16(11-9-15)27(32)23(29)26-19-12-18(24)20(30-2)13-21(19)31-3/h4-13,32H,1-3H3,(H,25,28)(H,26,29). The van der Waals surface area contributed by atoms with Crippen molar-refractivity contribution in [1.82, 2.24) is 0 Å². The molecule has 0 unspecified atom stereocenters. The molecular formula is C23H22BrN3O4S. The topological polar surface area (TPSA) is 79.9 Å². The van der Waals surface area contributed by atoms with Crippen molar-refractivity contribution in [2.45, 2.75) is 6.92 Å². The van der Waals surface area contributed by atoms with Gasteiger partial charge in [0.1, 0.15) is 11.5 Å². The van der Waals surface area contributed by atoms with E-state index in [9.17, 15) is 9.59 Å². The summed E-state index contributed by atoms with van der Waals surface area (Å²) in [6, 6.07) is 17.0. The van der Waals surface area contributed by atoms with E-state index in [2.05, 4.69) is 39.4 Å². The van der Waals surface area contributed by atoms with Crippen LogP contribution in [0.15, 0.2) is 65.1 Å². The Morgan fingerprint density at radius 1 is 0.938 bits per heavy atom. The molecular weight excluding hydrogens is 494 g/mol. The number of anilines is 3. The molecule has 32 heavy (non-hydrogen) atoms. The number of benzene rings is 3. The lowest BCUT2D eigenvalue weighted by molar-refractivity contribution is 0.102. The van der Waals surface area contributed by atoms with Crippen LogP contribution in [0, 0.1) is 6.92 Å². The number of rotatable bonds is 6. The number of amides is 3. The molecule has 0 atom stereocenters. The van der Waals surface area contributed by atoms with E-state index in [1.165, 1.54) is 7.11 Å². The quantitative estimate of drug-likeness (QED) is 0.356. The van der Waals surface area contributed by atoms with Gasteiger partial charge in [-0.1, -0.05) is 31.0 Å². The molecule has 0 saturated carbocycles. The number of nitrogens with zero attached hydrogens (tertiary/aromatic N) is 1. The predicted octanol–water partition coefficient (Wildman–Crippen LogP) is 5.91. The molecule has 0 spiro atoms. The van der Waals surface area contributed by atoms with Gasteiger partial charge in [-0.15, -0.1) is 0 Å². The third-order valence-electron chi connectivity index (χ3n) is 4.67. The lowest BCUT2D eigenvalue weighted by Crippen LogP contribution is -2.27. The van der Waals surface area contributed by atoms with Gasteiger partial charge >= 0.3 is 6.03 Å². The molecule has 9 heteroatoms. The number of methoxy groups -OCH3 is 2. The average Bonchev–Trinajstić information content (AvgIpc) is 2.79. The highest BCUT2D eigenvalue weighted by Gasteiger charge is 2.17. The minimum absolute atomic E-state index is 0.200. The van der Waals surface area contributed by atoms with Gasteiger partial charge < -0.3 is 20.1 Å². The molecule has 166 valence electrons. The maximum absolute atomic E-state index is 12.7. The van der Waals surface area contributed by atoms with E-state index in [4.69, 9.17) is 9.47 Å². The zero-order valence-electron chi connectivity index (χ0n) is 17.7. The number of halogens is 1. The van der Waals surface area contributed by atoms with Crippen molar-refractivity contribution in [1.29, 1.82) is 0 Å². The normalized spacial score (nSPS) is 10.3. The van der Waals surface area contributed by atoms with Crippen LogP contribution in [0.2, 0.25) is 0 Å². The summed E-state index contributed by atoms with van der Waals surface area (Å²) in [5.41, 5.74) is 3.06.